The van der Waals surface area contributed by atoms with Gasteiger partial charge in [0.1, 0.15) is 0 Å². The maximum absolute atomic E-state index is 5.10. The minimum Gasteiger partial charge on any atom is -0.378 e. The largest absolute Gasteiger partial charge is 0.378 e. The van der Waals surface area contributed by atoms with E-state index in [0.29, 0.717) is 6.61 Å². The molecular weight excluding hydrogens is 152 g/mol. The standard InChI is InChI=1S/C9H16N2O/c1-5-8-7(2)10-11(3)9(8)6-12-4/h5-6H2,1-4H3. The highest BCUT2D eigenvalue weighted by Gasteiger charge is 2.09. The van der Waals surface area contributed by atoms with Crippen molar-refractivity contribution in [3.8, 4) is 0 Å². The van der Waals surface area contributed by atoms with Gasteiger partial charge in [-0.25, -0.2) is 0 Å². The van der Waals surface area contributed by atoms with Crippen molar-refractivity contribution in [3.63, 3.8) is 0 Å². The van der Waals surface area contributed by atoms with Crippen molar-refractivity contribution in [1.29, 1.82) is 0 Å². The van der Waals surface area contributed by atoms with Gasteiger partial charge in [0.05, 0.1) is 18.0 Å². The lowest BCUT2D eigenvalue weighted by Crippen LogP contribution is -2.01. The molecule has 0 aliphatic rings. The molecule has 0 amide bonds. The monoisotopic (exact) mass is 168 g/mol. The van der Waals surface area contributed by atoms with E-state index in [1.54, 1.807) is 7.11 Å². The van der Waals surface area contributed by atoms with Crippen molar-refractivity contribution >= 4 is 0 Å². The number of nitrogens with zero attached hydrogens (tertiary/aromatic N) is 2. The van der Waals surface area contributed by atoms with Gasteiger partial charge in [-0.2, -0.15) is 5.10 Å². The number of ether oxygens (including phenoxy) is 1. The first-order chi connectivity index (χ1) is 5.70. The van der Waals surface area contributed by atoms with Crippen LogP contribution >= 0.6 is 0 Å². The molecule has 0 fully saturated rings. The molecule has 0 aliphatic carbocycles. The van der Waals surface area contributed by atoms with Crippen LogP contribution in [0.3, 0.4) is 0 Å². The molecule has 12 heavy (non-hydrogen) atoms. The van der Waals surface area contributed by atoms with Crippen LogP contribution in [0.1, 0.15) is 23.9 Å². The van der Waals surface area contributed by atoms with Gasteiger partial charge < -0.3 is 4.74 Å². The predicted octanol–water partition coefficient (Wildman–Crippen LogP) is 1.44. The van der Waals surface area contributed by atoms with Gasteiger partial charge in [-0.3, -0.25) is 4.68 Å². The Labute approximate surface area is 73.3 Å². The van der Waals surface area contributed by atoms with Crippen molar-refractivity contribution in [3.05, 3.63) is 17.0 Å². The fourth-order valence-corrected chi connectivity index (χ4v) is 1.53. The minimum absolute atomic E-state index is 0.653. The fraction of sp³-hybridized carbons (Fsp3) is 0.667. The molecule has 3 nitrogen and oxygen atoms in total. The van der Waals surface area contributed by atoms with Gasteiger partial charge in [0.15, 0.2) is 0 Å². The quantitative estimate of drug-likeness (QED) is 0.682. The van der Waals surface area contributed by atoms with Crippen LogP contribution in [0.2, 0.25) is 0 Å². The Balaban J connectivity index is 3.04. The lowest BCUT2D eigenvalue weighted by Gasteiger charge is -2.02. The second-order valence-corrected chi connectivity index (χ2v) is 2.92. The minimum atomic E-state index is 0.653. The van der Waals surface area contributed by atoms with E-state index < -0.39 is 0 Å². The first-order valence-corrected chi connectivity index (χ1v) is 4.21. The summed E-state index contributed by atoms with van der Waals surface area (Å²) < 4.78 is 7.00. The average molecular weight is 168 g/mol. The van der Waals surface area contributed by atoms with E-state index in [4.69, 9.17) is 4.74 Å². The Bertz CT molecular complexity index is 266. The molecule has 0 saturated heterocycles. The van der Waals surface area contributed by atoms with Crippen LogP contribution in [0, 0.1) is 6.92 Å². The Hall–Kier alpha value is -0.830. The number of hydrogen-bond acceptors (Lipinski definition) is 2. The summed E-state index contributed by atoms with van der Waals surface area (Å²) in [5.41, 5.74) is 3.63. The second kappa shape index (κ2) is 3.72. The van der Waals surface area contributed by atoms with Crippen LogP contribution in [-0.4, -0.2) is 16.9 Å². The molecule has 0 aromatic carbocycles. The average Bonchev–Trinajstić information content (AvgIpc) is 2.28. The topological polar surface area (TPSA) is 27.1 Å². The third-order valence-electron chi connectivity index (χ3n) is 2.11. The van der Waals surface area contributed by atoms with E-state index in [1.807, 2.05) is 18.7 Å². The third kappa shape index (κ3) is 1.50. The molecule has 1 rings (SSSR count). The van der Waals surface area contributed by atoms with Crippen molar-refractivity contribution in [2.45, 2.75) is 26.9 Å². The summed E-state index contributed by atoms with van der Waals surface area (Å²) >= 11 is 0. The number of hydrogen-bond donors (Lipinski definition) is 0. The van der Waals surface area contributed by atoms with Crippen molar-refractivity contribution in [1.82, 2.24) is 9.78 Å². The highest BCUT2D eigenvalue weighted by atomic mass is 16.5. The summed E-state index contributed by atoms with van der Waals surface area (Å²) in [5, 5.41) is 4.34. The number of aryl methyl sites for hydroxylation is 2. The normalized spacial score (nSPS) is 10.7. The predicted molar refractivity (Wildman–Crippen MR) is 48.0 cm³/mol. The fourth-order valence-electron chi connectivity index (χ4n) is 1.53. The summed E-state index contributed by atoms with van der Waals surface area (Å²) in [4.78, 5) is 0. The lowest BCUT2D eigenvalue weighted by molar-refractivity contribution is 0.177. The summed E-state index contributed by atoms with van der Waals surface area (Å²) in [5.74, 6) is 0. The molecule has 1 aromatic heterocycles. The summed E-state index contributed by atoms with van der Waals surface area (Å²) in [6.45, 7) is 4.84. The summed E-state index contributed by atoms with van der Waals surface area (Å²) in [6, 6.07) is 0. The van der Waals surface area contributed by atoms with E-state index in [2.05, 4.69) is 12.0 Å². The molecule has 0 radical (unpaired) electrons. The van der Waals surface area contributed by atoms with Gasteiger partial charge in [0.25, 0.3) is 0 Å². The number of methoxy groups -OCH3 is 1. The number of rotatable bonds is 3. The van der Waals surface area contributed by atoms with Gasteiger partial charge in [-0.15, -0.1) is 0 Å². The van der Waals surface area contributed by atoms with Gasteiger partial charge >= 0.3 is 0 Å². The molecule has 1 aromatic rings. The van der Waals surface area contributed by atoms with Crippen molar-refractivity contribution in [2.75, 3.05) is 7.11 Å². The van der Waals surface area contributed by atoms with Crippen LogP contribution in [0.5, 0.6) is 0 Å². The summed E-state index contributed by atoms with van der Waals surface area (Å²) in [6.07, 6.45) is 1.03. The van der Waals surface area contributed by atoms with Gasteiger partial charge in [0.2, 0.25) is 0 Å². The van der Waals surface area contributed by atoms with Crippen molar-refractivity contribution < 1.29 is 4.74 Å². The van der Waals surface area contributed by atoms with E-state index in [0.717, 1.165) is 12.1 Å². The lowest BCUT2D eigenvalue weighted by atomic mass is 10.1. The molecule has 0 spiro atoms. The van der Waals surface area contributed by atoms with Gasteiger partial charge in [0, 0.05) is 14.2 Å². The van der Waals surface area contributed by atoms with Crippen LogP contribution in [0.4, 0.5) is 0 Å². The first kappa shape index (κ1) is 9.26. The van der Waals surface area contributed by atoms with Crippen LogP contribution < -0.4 is 0 Å². The van der Waals surface area contributed by atoms with E-state index >= 15 is 0 Å². The Morgan fingerprint density at radius 3 is 2.67 bits per heavy atom. The molecule has 0 bridgehead atoms. The molecule has 0 atom stereocenters. The van der Waals surface area contributed by atoms with Crippen molar-refractivity contribution in [2.24, 2.45) is 7.05 Å². The molecule has 0 unspecified atom stereocenters. The smallest absolute Gasteiger partial charge is 0.0883 e. The van der Waals surface area contributed by atoms with Gasteiger partial charge in [-0.1, -0.05) is 6.92 Å². The molecule has 3 heteroatoms. The SMILES string of the molecule is CCc1c(C)nn(C)c1COC. The van der Waals surface area contributed by atoms with Crippen LogP contribution in [0.15, 0.2) is 0 Å². The number of aromatic nitrogens is 2. The first-order valence-electron chi connectivity index (χ1n) is 4.21. The molecule has 0 N–H and O–H groups in total. The zero-order valence-corrected chi connectivity index (χ0v) is 8.22. The van der Waals surface area contributed by atoms with Crippen LogP contribution in [0.25, 0.3) is 0 Å². The maximum atomic E-state index is 5.10. The zero-order chi connectivity index (χ0) is 9.14. The van der Waals surface area contributed by atoms with E-state index in [9.17, 15) is 0 Å². The Morgan fingerprint density at radius 1 is 1.50 bits per heavy atom. The van der Waals surface area contributed by atoms with E-state index in [1.165, 1.54) is 11.3 Å². The Kier molecular flexibility index (Phi) is 2.87. The Morgan fingerprint density at radius 2 is 2.17 bits per heavy atom. The van der Waals surface area contributed by atoms with Gasteiger partial charge in [-0.05, 0) is 18.9 Å². The third-order valence-corrected chi connectivity index (χ3v) is 2.11. The van der Waals surface area contributed by atoms with Crippen LogP contribution in [-0.2, 0) is 24.8 Å². The second-order valence-electron chi connectivity index (χ2n) is 2.92. The molecule has 0 saturated carbocycles. The molecule has 1 heterocycles. The highest BCUT2D eigenvalue weighted by Crippen LogP contribution is 2.14. The molecule has 0 aliphatic heterocycles. The maximum Gasteiger partial charge on any atom is 0.0883 e. The van der Waals surface area contributed by atoms with E-state index in [-0.39, 0.29) is 0 Å². The highest BCUT2D eigenvalue weighted by molar-refractivity contribution is 5.24. The summed E-state index contributed by atoms with van der Waals surface area (Å²) in [7, 11) is 3.67. The molecule has 68 valence electrons. The molecular formula is C9H16N2O. The zero-order valence-electron chi connectivity index (χ0n) is 8.22.